The molecule has 1 atom stereocenters. The SMILES string of the molecule is Cc1cc(-c2noc([C@@H]3CCCN3C(=N)N)n2)cc(C)c1OCc1ccc(C(F)(F)F)cc1. The summed E-state index contributed by atoms with van der Waals surface area (Å²) in [5.74, 6) is 1.50. The molecule has 3 aromatic rings. The molecule has 1 aliphatic heterocycles. The summed E-state index contributed by atoms with van der Waals surface area (Å²) in [6.07, 6.45) is -2.68. The van der Waals surface area contributed by atoms with E-state index in [2.05, 4.69) is 10.1 Å². The third-order valence-corrected chi connectivity index (χ3v) is 5.67. The molecule has 33 heavy (non-hydrogen) atoms. The fourth-order valence-corrected chi connectivity index (χ4v) is 4.05. The van der Waals surface area contributed by atoms with Crippen molar-refractivity contribution in [2.45, 2.75) is 45.5 Å². The summed E-state index contributed by atoms with van der Waals surface area (Å²) in [6, 6.07) is 8.48. The van der Waals surface area contributed by atoms with E-state index in [0.29, 0.717) is 29.6 Å². The first-order chi connectivity index (χ1) is 15.6. The topological polar surface area (TPSA) is 101 Å². The van der Waals surface area contributed by atoms with Crippen molar-refractivity contribution in [1.29, 1.82) is 5.41 Å². The molecule has 174 valence electrons. The number of rotatable bonds is 5. The van der Waals surface area contributed by atoms with Crippen molar-refractivity contribution < 1.29 is 22.4 Å². The van der Waals surface area contributed by atoms with Gasteiger partial charge < -0.3 is 19.9 Å². The maximum Gasteiger partial charge on any atom is 0.416 e. The zero-order valence-corrected chi connectivity index (χ0v) is 18.2. The molecule has 1 aliphatic rings. The molecule has 1 saturated heterocycles. The minimum atomic E-state index is -4.36. The average molecular weight is 459 g/mol. The van der Waals surface area contributed by atoms with E-state index in [4.69, 9.17) is 20.4 Å². The Hall–Kier alpha value is -3.56. The molecule has 0 bridgehead atoms. The average Bonchev–Trinajstić information content (AvgIpc) is 3.42. The van der Waals surface area contributed by atoms with E-state index in [1.54, 1.807) is 4.90 Å². The van der Waals surface area contributed by atoms with Gasteiger partial charge in [-0.15, -0.1) is 0 Å². The van der Waals surface area contributed by atoms with Gasteiger partial charge in [0.1, 0.15) is 18.4 Å². The van der Waals surface area contributed by atoms with Crippen molar-refractivity contribution in [3.05, 3.63) is 64.5 Å². The Morgan fingerprint density at radius 2 is 1.88 bits per heavy atom. The first-order valence-corrected chi connectivity index (χ1v) is 10.5. The largest absolute Gasteiger partial charge is 0.488 e. The molecule has 0 radical (unpaired) electrons. The van der Waals surface area contributed by atoms with Gasteiger partial charge in [0, 0.05) is 12.1 Å². The van der Waals surface area contributed by atoms with Crippen molar-refractivity contribution in [3.63, 3.8) is 0 Å². The van der Waals surface area contributed by atoms with Gasteiger partial charge >= 0.3 is 6.18 Å². The molecule has 10 heteroatoms. The first kappa shape index (κ1) is 22.6. The number of likely N-dealkylation sites (tertiary alicyclic amines) is 1. The second-order valence-electron chi connectivity index (χ2n) is 8.12. The Morgan fingerprint density at radius 1 is 1.21 bits per heavy atom. The van der Waals surface area contributed by atoms with E-state index < -0.39 is 11.7 Å². The monoisotopic (exact) mass is 459 g/mol. The summed E-state index contributed by atoms with van der Waals surface area (Å²) in [5.41, 5.74) is 8.05. The van der Waals surface area contributed by atoms with E-state index in [-0.39, 0.29) is 18.6 Å². The molecule has 4 rings (SSSR count). The summed E-state index contributed by atoms with van der Waals surface area (Å²) in [6.45, 7) is 4.59. The van der Waals surface area contributed by atoms with Crippen LogP contribution in [0.3, 0.4) is 0 Å². The lowest BCUT2D eigenvalue weighted by Crippen LogP contribution is -2.35. The summed E-state index contributed by atoms with van der Waals surface area (Å²) in [7, 11) is 0. The maximum atomic E-state index is 12.7. The molecule has 7 nitrogen and oxygen atoms in total. The van der Waals surface area contributed by atoms with Crippen LogP contribution in [0.1, 0.15) is 47.0 Å². The van der Waals surface area contributed by atoms with Crippen molar-refractivity contribution in [1.82, 2.24) is 15.0 Å². The third kappa shape index (κ3) is 4.79. The van der Waals surface area contributed by atoms with Crippen LogP contribution in [0.25, 0.3) is 11.4 Å². The fraction of sp³-hybridized carbons (Fsp3) is 0.348. The van der Waals surface area contributed by atoms with Crippen molar-refractivity contribution in [2.75, 3.05) is 6.54 Å². The number of hydrogen-bond acceptors (Lipinski definition) is 5. The number of alkyl halides is 3. The number of halogens is 3. The van der Waals surface area contributed by atoms with Crippen LogP contribution in [0, 0.1) is 19.3 Å². The molecule has 1 fully saturated rings. The van der Waals surface area contributed by atoms with Crippen LogP contribution >= 0.6 is 0 Å². The zero-order valence-electron chi connectivity index (χ0n) is 18.2. The Kier molecular flexibility index (Phi) is 6.01. The minimum Gasteiger partial charge on any atom is -0.488 e. The number of nitrogens with zero attached hydrogens (tertiary/aromatic N) is 3. The molecule has 2 heterocycles. The fourth-order valence-electron chi connectivity index (χ4n) is 4.05. The number of hydrogen-bond donors (Lipinski definition) is 2. The summed E-state index contributed by atoms with van der Waals surface area (Å²) in [4.78, 5) is 6.27. The van der Waals surface area contributed by atoms with Crippen LogP contribution in [-0.4, -0.2) is 27.5 Å². The lowest BCUT2D eigenvalue weighted by molar-refractivity contribution is -0.137. The van der Waals surface area contributed by atoms with Crippen molar-refractivity contribution in [2.24, 2.45) is 5.73 Å². The number of nitrogens with two attached hydrogens (primary N) is 1. The second kappa shape index (κ2) is 8.76. The lowest BCUT2D eigenvalue weighted by atomic mass is 10.0. The van der Waals surface area contributed by atoms with Gasteiger partial charge in [0.05, 0.1) is 5.56 Å². The predicted octanol–water partition coefficient (Wildman–Crippen LogP) is 4.98. The number of ether oxygens (including phenoxy) is 1. The highest BCUT2D eigenvalue weighted by molar-refractivity contribution is 5.75. The second-order valence-corrected chi connectivity index (χ2v) is 8.12. The van der Waals surface area contributed by atoms with Gasteiger partial charge in [0.2, 0.25) is 11.7 Å². The highest BCUT2D eigenvalue weighted by Gasteiger charge is 2.32. The van der Waals surface area contributed by atoms with Crippen LogP contribution in [0.2, 0.25) is 0 Å². The first-order valence-electron chi connectivity index (χ1n) is 10.5. The summed E-state index contributed by atoms with van der Waals surface area (Å²) in [5, 5.41) is 11.8. The predicted molar refractivity (Wildman–Crippen MR) is 116 cm³/mol. The van der Waals surface area contributed by atoms with E-state index in [0.717, 1.165) is 41.7 Å². The molecule has 0 aliphatic carbocycles. The van der Waals surface area contributed by atoms with Crippen LogP contribution in [0.15, 0.2) is 40.9 Å². The molecule has 0 spiro atoms. The van der Waals surface area contributed by atoms with Gasteiger partial charge in [-0.1, -0.05) is 17.3 Å². The molecule has 0 unspecified atom stereocenters. The van der Waals surface area contributed by atoms with Crippen LogP contribution in [0.4, 0.5) is 13.2 Å². The Balaban J connectivity index is 1.49. The van der Waals surface area contributed by atoms with Crippen LogP contribution < -0.4 is 10.5 Å². The van der Waals surface area contributed by atoms with E-state index in [1.165, 1.54) is 12.1 Å². The van der Waals surface area contributed by atoms with Gasteiger partial charge in [-0.2, -0.15) is 18.2 Å². The van der Waals surface area contributed by atoms with Crippen LogP contribution in [-0.2, 0) is 12.8 Å². The third-order valence-electron chi connectivity index (χ3n) is 5.67. The normalized spacial score (nSPS) is 16.3. The molecule has 3 N–H and O–H groups in total. The molecular formula is C23H24F3N5O2. The van der Waals surface area contributed by atoms with E-state index in [1.807, 2.05) is 26.0 Å². The molecule has 0 saturated carbocycles. The maximum absolute atomic E-state index is 12.7. The van der Waals surface area contributed by atoms with Crippen molar-refractivity contribution in [3.8, 4) is 17.1 Å². The van der Waals surface area contributed by atoms with Crippen LogP contribution in [0.5, 0.6) is 5.75 Å². The van der Waals surface area contributed by atoms with Gasteiger partial charge in [-0.25, -0.2) is 0 Å². The van der Waals surface area contributed by atoms with E-state index in [9.17, 15) is 13.2 Å². The lowest BCUT2D eigenvalue weighted by Gasteiger charge is -2.21. The zero-order chi connectivity index (χ0) is 23.8. The van der Waals surface area contributed by atoms with Gasteiger partial charge in [-0.05, 0) is 67.6 Å². The smallest absolute Gasteiger partial charge is 0.416 e. The van der Waals surface area contributed by atoms with Crippen molar-refractivity contribution >= 4 is 5.96 Å². The quantitative estimate of drug-likeness (QED) is 0.412. The molecule has 1 aromatic heterocycles. The molecular weight excluding hydrogens is 435 g/mol. The molecule has 0 amide bonds. The van der Waals surface area contributed by atoms with E-state index >= 15 is 0 Å². The Labute approximate surface area is 188 Å². The molecule has 2 aromatic carbocycles. The number of nitrogens with one attached hydrogen (secondary N) is 1. The standard InChI is InChI=1S/C23H24F3N5O2/c1-13-10-16(20-29-21(33-30-20)18-4-3-9-31(18)22(27)28)11-14(2)19(13)32-12-15-5-7-17(8-6-15)23(24,25)26/h5-8,10-11,18H,3-4,9,12H2,1-2H3,(H3,27,28)/t18-/m0/s1. The minimum absolute atomic E-state index is 0.0153. The number of aryl methyl sites for hydroxylation is 2. The number of guanidine groups is 1. The summed E-state index contributed by atoms with van der Waals surface area (Å²) < 4.78 is 49.6. The Bertz CT molecular complexity index is 1130. The van der Waals surface area contributed by atoms with Gasteiger partial charge in [0.15, 0.2) is 5.96 Å². The highest BCUT2D eigenvalue weighted by atomic mass is 19.4. The highest BCUT2D eigenvalue weighted by Crippen LogP contribution is 2.34. The number of benzene rings is 2. The summed E-state index contributed by atoms with van der Waals surface area (Å²) >= 11 is 0. The van der Waals surface area contributed by atoms with Gasteiger partial charge in [0.25, 0.3) is 0 Å². The number of aromatic nitrogens is 2. The van der Waals surface area contributed by atoms with Gasteiger partial charge in [-0.3, -0.25) is 5.41 Å². The Morgan fingerprint density at radius 3 is 2.48 bits per heavy atom.